The minimum absolute atomic E-state index is 0.223. The number of ketones is 1. The highest BCUT2D eigenvalue weighted by Gasteiger charge is 1.98. The van der Waals surface area contributed by atoms with Gasteiger partial charge in [-0.05, 0) is 81.3 Å². The van der Waals surface area contributed by atoms with Crippen LogP contribution in [-0.2, 0) is 4.79 Å². The van der Waals surface area contributed by atoms with Gasteiger partial charge in [0.05, 0.1) is 5.75 Å². The zero-order valence-electron chi connectivity index (χ0n) is 18.8. The van der Waals surface area contributed by atoms with E-state index in [1.165, 1.54) is 32.3 Å². The number of aryl methyl sites for hydroxylation is 4. The molecule has 4 heteroatoms. The highest BCUT2D eigenvalue weighted by Crippen LogP contribution is 2.25. The second kappa shape index (κ2) is 12.7. The summed E-state index contributed by atoms with van der Waals surface area (Å²) < 4.78 is 1.40. The van der Waals surface area contributed by atoms with E-state index in [2.05, 4.69) is 76.0 Å². The first-order chi connectivity index (χ1) is 14.7. The van der Waals surface area contributed by atoms with E-state index in [1.807, 2.05) is 47.7 Å². The van der Waals surface area contributed by atoms with E-state index < -0.39 is 0 Å². The van der Waals surface area contributed by atoms with Crippen molar-refractivity contribution in [3.63, 3.8) is 0 Å². The number of Topliss-reactive ketones (excluding diaryl/α,β-unsaturated/α-hetero) is 1. The summed E-state index contributed by atoms with van der Waals surface area (Å²) in [4.78, 5) is 12.8. The number of hydrogen-bond donors (Lipinski definition) is 1. The number of thioether (sulfide) groups is 1. The first kappa shape index (κ1) is 25.3. The zero-order chi connectivity index (χ0) is 22.8. The smallest absolute Gasteiger partial charge is 0.140 e. The van der Waals surface area contributed by atoms with E-state index in [1.54, 1.807) is 18.7 Å². The molecule has 0 unspecified atom stereocenters. The molecule has 1 heterocycles. The second-order valence-corrected chi connectivity index (χ2v) is 10.0. The number of benzene rings is 3. The van der Waals surface area contributed by atoms with Crippen molar-refractivity contribution in [2.24, 2.45) is 0 Å². The van der Waals surface area contributed by atoms with Gasteiger partial charge in [-0.1, -0.05) is 53.1 Å². The Morgan fingerprint density at radius 1 is 0.839 bits per heavy atom. The minimum atomic E-state index is 0.223. The third-order valence-corrected chi connectivity index (χ3v) is 6.96. The molecule has 0 aliphatic carbocycles. The van der Waals surface area contributed by atoms with Crippen molar-refractivity contribution in [2.75, 3.05) is 5.75 Å². The number of carbonyl (C=O) groups is 1. The molecule has 0 saturated carbocycles. The van der Waals surface area contributed by atoms with Crippen LogP contribution in [0.4, 0.5) is 0 Å². The van der Waals surface area contributed by atoms with Gasteiger partial charge in [0.25, 0.3) is 0 Å². The van der Waals surface area contributed by atoms with Crippen molar-refractivity contribution in [1.29, 1.82) is 0 Å². The first-order valence-electron chi connectivity index (χ1n) is 10.1. The van der Waals surface area contributed by atoms with E-state index in [-0.39, 0.29) is 5.78 Å². The Bertz CT molecular complexity index is 1070. The Hall–Kier alpha value is -2.01. The fourth-order valence-corrected chi connectivity index (χ4v) is 4.41. The SMILES string of the molecule is CC(=O)CSc1ccc(C)cc1.Cc1ccc(S)cc1.Cc1ccc2scc(C)c2c1. The molecule has 0 atom stereocenters. The quantitative estimate of drug-likeness (QED) is 0.241. The Balaban J connectivity index is 0.000000168. The van der Waals surface area contributed by atoms with Gasteiger partial charge in [-0.25, -0.2) is 0 Å². The molecule has 3 aromatic carbocycles. The molecule has 0 aliphatic rings. The molecule has 0 saturated heterocycles. The van der Waals surface area contributed by atoms with Gasteiger partial charge in [0, 0.05) is 14.5 Å². The lowest BCUT2D eigenvalue weighted by atomic mass is 10.1. The Labute approximate surface area is 200 Å². The van der Waals surface area contributed by atoms with Crippen LogP contribution in [-0.4, -0.2) is 11.5 Å². The maximum absolute atomic E-state index is 10.7. The lowest BCUT2D eigenvalue weighted by Gasteiger charge is -1.98. The lowest BCUT2D eigenvalue weighted by Crippen LogP contribution is -1.92. The van der Waals surface area contributed by atoms with Gasteiger partial charge in [0.1, 0.15) is 5.78 Å². The number of hydrogen-bond acceptors (Lipinski definition) is 4. The molecule has 0 bridgehead atoms. The van der Waals surface area contributed by atoms with Crippen LogP contribution in [0.25, 0.3) is 10.1 Å². The van der Waals surface area contributed by atoms with Crippen molar-refractivity contribution in [2.45, 2.75) is 44.4 Å². The van der Waals surface area contributed by atoms with E-state index >= 15 is 0 Å². The molecule has 0 aliphatic heterocycles. The molecule has 4 rings (SSSR count). The second-order valence-electron chi connectivity index (χ2n) is 7.56. The van der Waals surface area contributed by atoms with Gasteiger partial charge >= 0.3 is 0 Å². The van der Waals surface area contributed by atoms with Crippen LogP contribution in [0.5, 0.6) is 0 Å². The van der Waals surface area contributed by atoms with Crippen molar-refractivity contribution < 1.29 is 4.79 Å². The number of fused-ring (bicyclic) bond motifs is 1. The third-order valence-electron chi connectivity index (χ3n) is 4.42. The molecule has 162 valence electrons. The Kier molecular flexibility index (Phi) is 10.4. The maximum atomic E-state index is 10.7. The highest BCUT2D eigenvalue weighted by atomic mass is 32.2. The van der Waals surface area contributed by atoms with Gasteiger partial charge in [-0.3, -0.25) is 4.79 Å². The number of thiophene rings is 1. The minimum Gasteiger partial charge on any atom is -0.299 e. The molecule has 0 spiro atoms. The molecule has 4 aromatic rings. The van der Waals surface area contributed by atoms with Crippen LogP contribution in [0, 0.1) is 27.7 Å². The van der Waals surface area contributed by atoms with Crippen LogP contribution in [0.1, 0.15) is 29.2 Å². The van der Waals surface area contributed by atoms with Crippen LogP contribution < -0.4 is 0 Å². The predicted octanol–water partition coefficient (Wildman–Crippen LogP) is 8.48. The molecular weight excluding hydrogens is 436 g/mol. The molecule has 1 nitrogen and oxygen atoms in total. The van der Waals surface area contributed by atoms with Crippen molar-refractivity contribution in [3.05, 3.63) is 94.4 Å². The number of carbonyl (C=O) groups excluding carboxylic acids is 1. The summed E-state index contributed by atoms with van der Waals surface area (Å²) in [6, 6.07) is 22.9. The molecular formula is C27H30OS3. The monoisotopic (exact) mass is 466 g/mol. The van der Waals surface area contributed by atoms with Gasteiger partial charge in [-0.15, -0.1) is 35.7 Å². The van der Waals surface area contributed by atoms with E-state index in [4.69, 9.17) is 0 Å². The summed E-state index contributed by atoms with van der Waals surface area (Å²) in [5.41, 5.74) is 5.28. The van der Waals surface area contributed by atoms with Crippen molar-refractivity contribution in [3.8, 4) is 0 Å². The van der Waals surface area contributed by atoms with Crippen LogP contribution in [0.3, 0.4) is 0 Å². The lowest BCUT2D eigenvalue weighted by molar-refractivity contribution is -0.114. The molecule has 0 fully saturated rings. The van der Waals surface area contributed by atoms with Crippen LogP contribution >= 0.6 is 35.7 Å². The predicted molar refractivity (Wildman–Crippen MR) is 142 cm³/mol. The summed E-state index contributed by atoms with van der Waals surface area (Å²) in [6.07, 6.45) is 0. The zero-order valence-corrected chi connectivity index (χ0v) is 21.3. The standard InChI is InChI=1S/C10H12OS.C10H10S.C7H8S/c1-8-3-5-10(6-4-8)12-7-9(2)11;1-7-3-4-10-9(5-7)8(2)6-11-10;1-6-2-4-7(8)5-3-6/h3-6H,7H2,1-2H3;3-6H,1-2H3;2-5,8H,1H3. The molecule has 1 aromatic heterocycles. The van der Waals surface area contributed by atoms with Crippen LogP contribution in [0.2, 0.25) is 0 Å². The van der Waals surface area contributed by atoms with Gasteiger partial charge in [0.15, 0.2) is 0 Å². The maximum Gasteiger partial charge on any atom is 0.140 e. The summed E-state index contributed by atoms with van der Waals surface area (Å²) >= 11 is 7.54. The summed E-state index contributed by atoms with van der Waals surface area (Å²) in [5.74, 6) is 0.795. The third kappa shape index (κ3) is 9.34. The average molecular weight is 467 g/mol. The van der Waals surface area contributed by atoms with Gasteiger partial charge < -0.3 is 0 Å². The molecule has 0 amide bonds. The van der Waals surface area contributed by atoms with Crippen LogP contribution in [0.15, 0.2) is 81.9 Å². The topological polar surface area (TPSA) is 17.1 Å². The number of thiol groups is 1. The largest absolute Gasteiger partial charge is 0.299 e. The normalized spacial score (nSPS) is 10.0. The summed E-state index contributed by atoms with van der Waals surface area (Å²) in [6.45, 7) is 10.0. The average Bonchev–Trinajstić information content (AvgIpc) is 3.11. The fraction of sp³-hybridized carbons (Fsp3) is 0.222. The Morgan fingerprint density at radius 2 is 1.39 bits per heavy atom. The molecule has 0 N–H and O–H groups in total. The summed E-state index contributed by atoms with van der Waals surface area (Å²) in [7, 11) is 0. The molecule has 31 heavy (non-hydrogen) atoms. The van der Waals surface area contributed by atoms with Crippen molar-refractivity contribution in [1.82, 2.24) is 0 Å². The number of rotatable bonds is 3. The molecule has 0 radical (unpaired) electrons. The fourth-order valence-electron chi connectivity index (χ4n) is 2.63. The Morgan fingerprint density at radius 3 is 1.94 bits per heavy atom. The van der Waals surface area contributed by atoms with E-state index in [9.17, 15) is 4.79 Å². The van der Waals surface area contributed by atoms with Gasteiger partial charge in [0.2, 0.25) is 0 Å². The van der Waals surface area contributed by atoms with E-state index in [0.717, 1.165) is 9.79 Å². The summed E-state index contributed by atoms with van der Waals surface area (Å²) in [5, 5.41) is 3.62. The highest BCUT2D eigenvalue weighted by molar-refractivity contribution is 8.00. The van der Waals surface area contributed by atoms with Crippen molar-refractivity contribution >= 4 is 51.6 Å². The van der Waals surface area contributed by atoms with Gasteiger partial charge in [-0.2, -0.15) is 0 Å². The first-order valence-corrected chi connectivity index (χ1v) is 12.4. The van der Waals surface area contributed by atoms with E-state index in [0.29, 0.717) is 5.75 Å².